The maximum atomic E-state index is 12.4. The van der Waals surface area contributed by atoms with Crippen molar-refractivity contribution in [1.82, 2.24) is 15.1 Å². The fourth-order valence-corrected chi connectivity index (χ4v) is 2.36. The summed E-state index contributed by atoms with van der Waals surface area (Å²) in [7, 11) is 0. The second-order valence-electron chi connectivity index (χ2n) is 5.30. The number of fused-ring (bicyclic) bond motifs is 1. The van der Waals surface area contributed by atoms with Gasteiger partial charge in [-0.15, -0.1) is 0 Å². The number of amides is 1. The molecule has 1 aliphatic heterocycles. The van der Waals surface area contributed by atoms with Gasteiger partial charge in [-0.3, -0.25) is 4.79 Å². The number of aromatic nitrogens is 3. The Morgan fingerprint density at radius 1 is 1.52 bits per heavy atom. The van der Waals surface area contributed by atoms with Crippen LogP contribution in [0.2, 0.25) is 0 Å². The topological polar surface area (TPSA) is 93.4 Å². The van der Waals surface area contributed by atoms with Gasteiger partial charge >= 0.3 is 0 Å². The molecule has 122 valence electrons. The summed E-state index contributed by atoms with van der Waals surface area (Å²) in [6, 6.07) is 1.94. The van der Waals surface area contributed by atoms with Crippen molar-refractivity contribution >= 4 is 17.4 Å². The van der Waals surface area contributed by atoms with Crippen molar-refractivity contribution in [1.29, 1.82) is 0 Å². The number of nitrogens with one attached hydrogen (secondary N) is 1. The van der Waals surface area contributed by atoms with Crippen LogP contribution in [0.15, 0.2) is 16.8 Å². The number of carbonyl (C=O) groups excluding carboxylic acids is 1. The molecule has 1 N–H and O–H groups in total. The van der Waals surface area contributed by atoms with Crippen LogP contribution >= 0.6 is 0 Å². The number of rotatable bonds is 5. The molecule has 1 aliphatic rings. The molecule has 0 unspecified atom stereocenters. The normalized spacial score (nSPS) is 13.6. The number of anilines is 2. The van der Waals surface area contributed by atoms with Gasteiger partial charge in [0.05, 0.1) is 5.69 Å². The zero-order valence-electron chi connectivity index (χ0n) is 13.2. The Labute approximate surface area is 133 Å². The summed E-state index contributed by atoms with van der Waals surface area (Å²) in [6.07, 6.45) is 2.48. The zero-order chi connectivity index (χ0) is 16.2. The van der Waals surface area contributed by atoms with Gasteiger partial charge in [-0.05, 0) is 18.6 Å². The molecule has 3 rings (SSSR count). The Morgan fingerprint density at radius 2 is 2.39 bits per heavy atom. The molecule has 1 amide bonds. The first-order valence-corrected chi connectivity index (χ1v) is 7.57. The lowest BCUT2D eigenvalue weighted by Gasteiger charge is -2.29. The molecule has 3 heterocycles. The highest BCUT2D eigenvalue weighted by atomic mass is 16.5. The Morgan fingerprint density at radius 3 is 3.17 bits per heavy atom. The molecule has 8 nitrogen and oxygen atoms in total. The predicted octanol–water partition coefficient (Wildman–Crippen LogP) is 1.31. The fraction of sp³-hybridized carbons (Fsp3) is 0.467. The predicted molar refractivity (Wildman–Crippen MR) is 83.1 cm³/mol. The van der Waals surface area contributed by atoms with Gasteiger partial charge in [-0.1, -0.05) is 12.1 Å². The average molecular weight is 317 g/mol. The lowest BCUT2D eigenvalue weighted by molar-refractivity contribution is -0.123. The summed E-state index contributed by atoms with van der Waals surface area (Å²) in [5, 5.41) is 6.97. The summed E-state index contributed by atoms with van der Waals surface area (Å²) < 4.78 is 10.4. The first kappa shape index (κ1) is 15.4. The third-order valence-corrected chi connectivity index (χ3v) is 3.50. The number of pyridine rings is 1. The van der Waals surface area contributed by atoms with Crippen LogP contribution in [-0.2, 0) is 22.6 Å². The molecule has 0 atom stereocenters. The molecule has 0 spiro atoms. The van der Waals surface area contributed by atoms with Crippen LogP contribution in [0.25, 0.3) is 0 Å². The van der Waals surface area contributed by atoms with E-state index in [-0.39, 0.29) is 19.1 Å². The van der Waals surface area contributed by atoms with Crippen LogP contribution in [0.4, 0.5) is 11.5 Å². The molecule has 0 bridgehead atoms. The van der Waals surface area contributed by atoms with E-state index in [1.165, 1.54) is 0 Å². The van der Waals surface area contributed by atoms with Gasteiger partial charge in [0.2, 0.25) is 0 Å². The lowest BCUT2D eigenvalue weighted by atomic mass is 10.2. The first-order chi connectivity index (χ1) is 11.2. The zero-order valence-corrected chi connectivity index (χ0v) is 13.2. The SMILES string of the molecule is CCc1noc(COCC(=O)N2CCNc3ncc(C)cc32)n1. The molecule has 0 aliphatic carbocycles. The molecule has 23 heavy (non-hydrogen) atoms. The minimum Gasteiger partial charge on any atom is -0.367 e. The Hall–Kier alpha value is -2.48. The molecule has 8 heteroatoms. The Balaban J connectivity index is 1.60. The lowest BCUT2D eigenvalue weighted by Crippen LogP contribution is -2.41. The van der Waals surface area contributed by atoms with E-state index in [0.717, 1.165) is 17.1 Å². The number of aryl methyl sites for hydroxylation is 2. The summed E-state index contributed by atoms with van der Waals surface area (Å²) in [5.74, 6) is 1.62. The molecule has 0 saturated carbocycles. The highest BCUT2D eigenvalue weighted by Gasteiger charge is 2.23. The Kier molecular flexibility index (Phi) is 4.52. The third-order valence-electron chi connectivity index (χ3n) is 3.50. The smallest absolute Gasteiger partial charge is 0.253 e. The third kappa shape index (κ3) is 3.48. The number of nitrogens with zero attached hydrogens (tertiary/aromatic N) is 4. The molecule has 0 aromatic carbocycles. The van der Waals surface area contributed by atoms with Crippen LogP contribution in [0.1, 0.15) is 24.2 Å². The molecule has 0 saturated heterocycles. The van der Waals surface area contributed by atoms with Crippen LogP contribution in [0.3, 0.4) is 0 Å². The molecular weight excluding hydrogens is 298 g/mol. The van der Waals surface area contributed by atoms with Crippen molar-refractivity contribution in [3.63, 3.8) is 0 Å². The van der Waals surface area contributed by atoms with Gasteiger partial charge < -0.3 is 19.5 Å². The maximum absolute atomic E-state index is 12.4. The van der Waals surface area contributed by atoms with Crippen molar-refractivity contribution in [2.75, 3.05) is 29.9 Å². The van der Waals surface area contributed by atoms with Crippen LogP contribution in [0.5, 0.6) is 0 Å². The van der Waals surface area contributed by atoms with Crippen LogP contribution in [-0.4, -0.2) is 40.7 Å². The van der Waals surface area contributed by atoms with Crippen molar-refractivity contribution in [3.8, 4) is 0 Å². The van der Waals surface area contributed by atoms with Crippen molar-refractivity contribution < 1.29 is 14.1 Å². The van der Waals surface area contributed by atoms with Gasteiger partial charge in [-0.2, -0.15) is 4.98 Å². The summed E-state index contributed by atoms with van der Waals surface area (Å²) in [4.78, 5) is 22.5. The highest BCUT2D eigenvalue weighted by Crippen LogP contribution is 2.27. The largest absolute Gasteiger partial charge is 0.367 e. The van der Waals surface area contributed by atoms with Gasteiger partial charge in [0, 0.05) is 25.7 Å². The monoisotopic (exact) mass is 317 g/mol. The molecule has 2 aromatic rings. The van der Waals surface area contributed by atoms with Gasteiger partial charge in [0.25, 0.3) is 11.8 Å². The number of ether oxygens (including phenoxy) is 1. The first-order valence-electron chi connectivity index (χ1n) is 7.57. The highest BCUT2D eigenvalue weighted by molar-refractivity contribution is 5.97. The van der Waals surface area contributed by atoms with Crippen molar-refractivity contribution in [2.45, 2.75) is 26.9 Å². The second-order valence-corrected chi connectivity index (χ2v) is 5.30. The van der Waals surface area contributed by atoms with E-state index < -0.39 is 0 Å². The van der Waals surface area contributed by atoms with Crippen molar-refractivity contribution in [2.24, 2.45) is 0 Å². The summed E-state index contributed by atoms with van der Waals surface area (Å²) in [5.41, 5.74) is 1.79. The van der Waals surface area contributed by atoms with Crippen LogP contribution < -0.4 is 10.2 Å². The quantitative estimate of drug-likeness (QED) is 0.888. The van der Waals surface area contributed by atoms with Gasteiger partial charge in [0.15, 0.2) is 5.82 Å². The van der Waals surface area contributed by atoms with E-state index in [0.29, 0.717) is 31.2 Å². The van der Waals surface area contributed by atoms with E-state index >= 15 is 0 Å². The number of hydrogen-bond acceptors (Lipinski definition) is 7. The number of hydrogen-bond donors (Lipinski definition) is 1. The summed E-state index contributed by atoms with van der Waals surface area (Å²) >= 11 is 0. The van der Waals surface area contributed by atoms with E-state index in [1.54, 1.807) is 11.1 Å². The summed E-state index contributed by atoms with van der Waals surface area (Å²) in [6.45, 7) is 5.22. The second kappa shape index (κ2) is 6.74. The minimum absolute atomic E-state index is 0.0444. The molecule has 0 radical (unpaired) electrons. The Bertz CT molecular complexity index is 700. The molecular formula is C15H19N5O3. The maximum Gasteiger partial charge on any atom is 0.253 e. The van der Waals surface area contributed by atoms with Gasteiger partial charge in [0.1, 0.15) is 19.0 Å². The van der Waals surface area contributed by atoms with E-state index in [1.807, 2.05) is 19.9 Å². The number of carbonyl (C=O) groups is 1. The standard InChI is InChI=1S/C15H19N5O3/c1-3-12-18-13(23-19-12)8-22-9-14(21)20-5-4-16-15-11(20)6-10(2)7-17-15/h6-7H,3-5,8-9H2,1-2H3,(H,16,17). The van der Waals surface area contributed by atoms with Gasteiger partial charge in [-0.25, -0.2) is 4.98 Å². The van der Waals surface area contributed by atoms with E-state index in [9.17, 15) is 4.79 Å². The minimum atomic E-state index is -0.115. The average Bonchev–Trinajstić information content (AvgIpc) is 3.02. The molecule has 2 aromatic heterocycles. The fourth-order valence-electron chi connectivity index (χ4n) is 2.36. The van der Waals surface area contributed by atoms with Crippen molar-refractivity contribution in [3.05, 3.63) is 29.5 Å². The van der Waals surface area contributed by atoms with E-state index in [2.05, 4.69) is 20.4 Å². The van der Waals surface area contributed by atoms with E-state index in [4.69, 9.17) is 9.26 Å². The molecule has 0 fully saturated rings. The van der Waals surface area contributed by atoms with Crippen LogP contribution in [0, 0.1) is 6.92 Å².